The van der Waals surface area contributed by atoms with Crippen molar-refractivity contribution in [2.75, 3.05) is 32.8 Å². The van der Waals surface area contributed by atoms with Crippen LogP contribution in [0, 0.1) is 5.82 Å². The van der Waals surface area contributed by atoms with Crippen LogP contribution in [-0.4, -0.2) is 47.3 Å². The highest BCUT2D eigenvalue weighted by Gasteiger charge is 2.20. The van der Waals surface area contributed by atoms with Crippen molar-refractivity contribution < 1.29 is 13.9 Å². The molecule has 0 radical (unpaired) electrons. The lowest BCUT2D eigenvalue weighted by molar-refractivity contribution is 0.0364. The molecule has 1 N–H and O–H groups in total. The Morgan fingerprint density at radius 1 is 0.971 bits per heavy atom. The fraction of sp³-hybridized carbons (Fsp3) is 0.250. The second-order valence-corrected chi connectivity index (χ2v) is 8.96. The van der Waals surface area contributed by atoms with E-state index in [9.17, 15) is 9.18 Å². The van der Waals surface area contributed by atoms with Gasteiger partial charge in [0.2, 0.25) is 0 Å². The Morgan fingerprint density at radius 3 is 2.71 bits per heavy atom. The predicted octanol–water partition coefficient (Wildman–Crippen LogP) is 4.28. The molecule has 6 rings (SSSR count). The SMILES string of the molecule is O=c1[nH]c2cc(C=C3c4ccccc4COc4cc(F)ccc43)ccc2n1CCN1CCOCC1. The molecule has 6 nitrogen and oxygen atoms in total. The Labute approximate surface area is 202 Å². The lowest BCUT2D eigenvalue weighted by Gasteiger charge is -2.26. The first kappa shape index (κ1) is 21.8. The lowest BCUT2D eigenvalue weighted by atomic mass is 9.92. The molecule has 2 aliphatic rings. The number of ether oxygens (including phenoxy) is 2. The molecule has 0 spiro atoms. The number of fused-ring (bicyclic) bond motifs is 3. The van der Waals surface area contributed by atoms with Gasteiger partial charge in [0.1, 0.15) is 18.2 Å². The van der Waals surface area contributed by atoms with Crippen LogP contribution in [0.2, 0.25) is 0 Å². The molecule has 0 aliphatic carbocycles. The summed E-state index contributed by atoms with van der Waals surface area (Å²) in [5.41, 5.74) is 6.41. The zero-order chi connectivity index (χ0) is 23.8. The van der Waals surface area contributed by atoms with Gasteiger partial charge in [0, 0.05) is 37.8 Å². The minimum Gasteiger partial charge on any atom is -0.488 e. The average molecular weight is 472 g/mol. The Hall–Kier alpha value is -3.68. The molecule has 3 heterocycles. The number of aromatic amines is 1. The molecular weight excluding hydrogens is 445 g/mol. The maximum absolute atomic E-state index is 14.0. The molecule has 0 saturated carbocycles. The summed E-state index contributed by atoms with van der Waals surface area (Å²) in [5.74, 6) is 0.197. The van der Waals surface area contributed by atoms with Crippen molar-refractivity contribution in [3.8, 4) is 5.75 Å². The summed E-state index contributed by atoms with van der Waals surface area (Å²) >= 11 is 0. The minimum absolute atomic E-state index is 0.105. The van der Waals surface area contributed by atoms with Crippen molar-refractivity contribution >= 4 is 22.7 Å². The van der Waals surface area contributed by atoms with Crippen LogP contribution in [0.3, 0.4) is 0 Å². The van der Waals surface area contributed by atoms with E-state index >= 15 is 0 Å². The van der Waals surface area contributed by atoms with Gasteiger partial charge in [-0.1, -0.05) is 30.3 Å². The Morgan fingerprint density at radius 2 is 1.83 bits per heavy atom. The van der Waals surface area contributed by atoms with Crippen LogP contribution in [-0.2, 0) is 17.9 Å². The highest BCUT2D eigenvalue weighted by atomic mass is 19.1. The molecule has 0 amide bonds. The zero-order valence-electron chi connectivity index (χ0n) is 19.3. The smallest absolute Gasteiger partial charge is 0.326 e. The van der Waals surface area contributed by atoms with Gasteiger partial charge >= 0.3 is 5.69 Å². The van der Waals surface area contributed by atoms with E-state index in [1.54, 1.807) is 10.6 Å². The van der Waals surface area contributed by atoms with Gasteiger partial charge in [-0.05, 0) is 52.6 Å². The molecule has 0 unspecified atom stereocenters. The first-order valence-electron chi connectivity index (χ1n) is 11.9. The monoisotopic (exact) mass is 471 g/mol. The Bertz CT molecular complexity index is 1480. The van der Waals surface area contributed by atoms with Gasteiger partial charge in [0.15, 0.2) is 0 Å². The Kier molecular flexibility index (Phi) is 5.72. The summed E-state index contributed by atoms with van der Waals surface area (Å²) in [7, 11) is 0. The maximum Gasteiger partial charge on any atom is 0.326 e. The van der Waals surface area contributed by atoms with Gasteiger partial charge in [0.25, 0.3) is 0 Å². The maximum atomic E-state index is 14.0. The van der Waals surface area contributed by atoms with Crippen molar-refractivity contribution in [3.63, 3.8) is 0 Å². The highest BCUT2D eigenvalue weighted by Crippen LogP contribution is 2.38. The van der Waals surface area contributed by atoms with Crippen molar-refractivity contribution in [2.24, 2.45) is 0 Å². The second-order valence-electron chi connectivity index (χ2n) is 8.96. The second kappa shape index (κ2) is 9.17. The molecule has 1 saturated heterocycles. The van der Waals surface area contributed by atoms with E-state index in [2.05, 4.69) is 22.0 Å². The predicted molar refractivity (Wildman–Crippen MR) is 134 cm³/mol. The molecule has 3 aromatic carbocycles. The standard InChI is InChI=1S/C28H26FN3O3/c29-21-6-7-23-24(22-4-2-1-3-20(22)18-35-27(23)17-21)15-19-5-8-26-25(16-19)30-28(33)32(26)10-9-31-11-13-34-14-12-31/h1-8,15-17H,9-14,18H2,(H,30,33). The molecule has 1 fully saturated rings. The number of H-pyrrole nitrogens is 1. The number of morpholine rings is 1. The molecule has 35 heavy (non-hydrogen) atoms. The number of hydrogen-bond donors (Lipinski definition) is 1. The van der Waals surface area contributed by atoms with Gasteiger partial charge in [-0.15, -0.1) is 0 Å². The van der Waals surface area contributed by atoms with Gasteiger partial charge < -0.3 is 14.5 Å². The van der Waals surface area contributed by atoms with Crippen molar-refractivity contribution in [2.45, 2.75) is 13.2 Å². The number of aromatic nitrogens is 2. The highest BCUT2D eigenvalue weighted by molar-refractivity contribution is 5.95. The van der Waals surface area contributed by atoms with Crippen LogP contribution in [0.4, 0.5) is 4.39 Å². The fourth-order valence-electron chi connectivity index (χ4n) is 4.93. The number of nitrogens with one attached hydrogen (secondary N) is 1. The van der Waals surface area contributed by atoms with Gasteiger partial charge in [-0.3, -0.25) is 9.47 Å². The van der Waals surface area contributed by atoms with Gasteiger partial charge in [-0.25, -0.2) is 9.18 Å². The third kappa shape index (κ3) is 4.29. The summed E-state index contributed by atoms with van der Waals surface area (Å²) in [6.45, 7) is 5.09. The topological polar surface area (TPSA) is 59.5 Å². The first-order valence-corrected chi connectivity index (χ1v) is 11.9. The quantitative estimate of drug-likeness (QED) is 0.483. The van der Waals surface area contributed by atoms with Crippen molar-refractivity contribution in [3.05, 3.63) is 99.2 Å². The van der Waals surface area contributed by atoms with Crippen LogP contribution in [0.15, 0.2) is 65.5 Å². The van der Waals surface area contributed by atoms with E-state index < -0.39 is 0 Å². The van der Waals surface area contributed by atoms with Crippen LogP contribution >= 0.6 is 0 Å². The number of hydrogen-bond acceptors (Lipinski definition) is 4. The van der Waals surface area contributed by atoms with E-state index in [0.29, 0.717) is 18.9 Å². The number of halogens is 1. The number of benzene rings is 3. The van der Waals surface area contributed by atoms with E-state index in [1.165, 1.54) is 12.1 Å². The Balaban J connectivity index is 1.38. The largest absolute Gasteiger partial charge is 0.488 e. The van der Waals surface area contributed by atoms with Crippen LogP contribution < -0.4 is 10.4 Å². The number of rotatable bonds is 4. The fourth-order valence-corrected chi connectivity index (χ4v) is 4.93. The van der Waals surface area contributed by atoms with E-state index in [-0.39, 0.29) is 11.5 Å². The van der Waals surface area contributed by atoms with Gasteiger partial charge in [-0.2, -0.15) is 0 Å². The molecule has 178 valence electrons. The lowest BCUT2D eigenvalue weighted by Crippen LogP contribution is -2.39. The van der Waals surface area contributed by atoms with Crippen molar-refractivity contribution in [1.82, 2.24) is 14.5 Å². The molecular formula is C28H26FN3O3. The first-order chi connectivity index (χ1) is 17.2. The van der Waals surface area contributed by atoms with Gasteiger partial charge in [0.05, 0.1) is 24.2 Å². The zero-order valence-corrected chi connectivity index (χ0v) is 19.3. The minimum atomic E-state index is -0.327. The third-order valence-corrected chi connectivity index (χ3v) is 6.78. The summed E-state index contributed by atoms with van der Waals surface area (Å²) in [4.78, 5) is 18.0. The summed E-state index contributed by atoms with van der Waals surface area (Å²) in [6, 6.07) is 18.7. The summed E-state index contributed by atoms with van der Waals surface area (Å²) < 4.78 is 27.1. The third-order valence-electron chi connectivity index (χ3n) is 6.78. The van der Waals surface area contributed by atoms with E-state index in [4.69, 9.17) is 9.47 Å². The summed E-state index contributed by atoms with van der Waals surface area (Å²) in [5, 5.41) is 0. The normalized spacial score (nSPS) is 17.1. The summed E-state index contributed by atoms with van der Waals surface area (Å²) in [6.07, 6.45) is 2.08. The van der Waals surface area contributed by atoms with E-state index in [1.807, 2.05) is 36.4 Å². The van der Waals surface area contributed by atoms with Crippen LogP contribution in [0.25, 0.3) is 22.7 Å². The molecule has 2 aliphatic heterocycles. The van der Waals surface area contributed by atoms with Crippen LogP contribution in [0.1, 0.15) is 22.3 Å². The molecule has 0 atom stereocenters. The number of nitrogens with zero attached hydrogens (tertiary/aromatic N) is 2. The molecule has 4 aromatic rings. The average Bonchev–Trinajstić information content (AvgIpc) is 3.11. The van der Waals surface area contributed by atoms with Crippen molar-refractivity contribution in [1.29, 1.82) is 0 Å². The van der Waals surface area contributed by atoms with E-state index in [0.717, 1.165) is 71.7 Å². The molecule has 7 heteroatoms. The molecule has 1 aromatic heterocycles. The molecule has 0 bridgehead atoms. The number of imidazole rings is 1. The van der Waals surface area contributed by atoms with Crippen LogP contribution in [0.5, 0.6) is 5.75 Å².